The van der Waals surface area contributed by atoms with Crippen molar-refractivity contribution in [1.29, 1.82) is 0 Å². The Bertz CT molecular complexity index is 704. The summed E-state index contributed by atoms with van der Waals surface area (Å²) in [6.45, 7) is 6.02. The number of nitrogens with one attached hydrogen (secondary N) is 1. The number of alkyl halides is 3. The molecule has 0 radical (unpaired) electrons. The molecule has 0 aromatic carbocycles. The number of aryl methyl sites for hydroxylation is 3. The molecule has 0 aliphatic carbocycles. The van der Waals surface area contributed by atoms with Crippen LogP contribution in [0.1, 0.15) is 36.3 Å². The van der Waals surface area contributed by atoms with Gasteiger partial charge in [0.15, 0.2) is 5.69 Å². The second-order valence-corrected chi connectivity index (χ2v) is 5.71. The lowest BCUT2D eigenvalue weighted by Gasteiger charge is -2.14. The minimum atomic E-state index is -4.52. The van der Waals surface area contributed by atoms with Crippen LogP contribution in [0.2, 0.25) is 0 Å². The number of nitrogens with zero attached hydrogens (tertiary/aromatic N) is 4. The van der Waals surface area contributed by atoms with E-state index in [2.05, 4.69) is 15.5 Å². The van der Waals surface area contributed by atoms with E-state index in [1.807, 2.05) is 13.1 Å². The molecule has 1 atom stereocenters. The van der Waals surface area contributed by atoms with Gasteiger partial charge in [-0.2, -0.15) is 23.4 Å². The van der Waals surface area contributed by atoms with Crippen molar-refractivity contribution in [2.45, 2.75) is 46.0 Å². The summed E-state index contributed by atoms with van der Waals surface area (Å²) in [5.41, 5.74) is 0.355. The topological polar surface area (TPSA) is 64.7 Å². The molecule has 0 bridgehead atoms. The zero-order valence-electron chi connectivity index (χ0n) is 13.8. The normalized spacial score (nSPS) is 13.1. The van der Waals surface area contributed by atoms with Crippen molar-refractivity contribution in [2.75, 3.05) is 6.54 Å². The number of aromatic nitrogens is 4. The van der Waals surface area contributed by atoms with Crippen LogP contribution < -0.4 is 5.32 Å². The van der Waals surface area contributed by atoms with Gasteiger partial charge in [-0.1, -0.05) is 0 Å². The predicted molar refractivity (Wildman–Crippen MR) is 81.3 cm³/mol. The molecule has 2 rings (SSSR count). The monoisotopic (exact) mass is 343 g/mol. The smallest absolute Gasteiger partial charge is 0.354 e. The van der Waals surface area contributed by atoms with Gasteiger partial charge in [-0.25, -0.2) is 0 Å². The average molecular weight is 343 g/mol. The van der Waals surface area contributed by atoms with Gasteiger partial charge in [0.05, 0.1) is 6.20 Å². The third kappa shape index (κ3) is 4.36. The van der Waals surface area contributed by atoms with Crippen LogP contribution in [-0.2, 0) is 17.5 Å². The van der Waals surface area contributed by atoms with E-state index in [1.165, 1.54) is 13.8 Å². The molecule has 9 heteroatoms. The molecule has 6 nitrogen and oxygen atoms in total. The molecule has 0 spiro atoms. The minimum absolute atomic E-state index is 0.289. The van der Waals surface area contributed by atoms with Crippen molar-refractivity contribution in [3.63, 3.8) is 0 Å². The van der Waals surface area contributed by atoms with Crippen molar-refractivity contribution in [3.8, 4) is 0 Å². The Balaban J connectivity index is 1.87. The van der Waals surface area contributed by atoms with E-state index in [9.17, 15) is 18.0 Å². The Kier molecular flexibility index (Phi) is 5.30. The van der Waals surface area contributed by atoms with Gasteiger partial charge < -0.3 is 5.32 Å². The maximum Gasteiger partial charge on any atom is 0.435 e. The fraction of sp³-hybridized carbons (Fsp3) is 0.533. The van der Waals surface area contributed by atoms with Gasteiger partial charge in [-0.3, -0.25) is 14.2 Å². The molecular formula is C15H20F3N5O. The van der Waals surface area contributed by atoms with E-state index >= 15 is 0 Å². The van der Waals surface area contributed by atoms with Crippen molar-refractivity contribution < 1.29 is 18.0 Å². The quantitative estimate of drug-likeness (QED) is 0.820. The van der Waals surface area contributed by atoms with E-state index in [0.29, 0.717) is 19.5 Å². The molecule has 1 amide bonds. The first kappa shape index (κ1) is 18.0. The van der Waals surface area contributed by atoms with Crippen LogP contribution in [0.5, 0.6) is 0 Å². The van der Waals surface area contributed by atoms with Gasteiger partial charge in [0.2, 0.25) is 5.91 Å². The Morgan fingerprint density at radius 2 is 2.08 bits per heavy atom. The highest BCUT2D eigenvalue weighted by Gasteiger charge is 2.35. The number of hydrogen-bond acceptors (Lipinski definition) is 3. The molecule has 0 aliphatic rings. The van der Waals surface area contributed by atoms with Gasteiger partial charge in [0.25, 0.3) is 0 Å². The largest absolute Gasteiger partial charge is 0.435 e. The van der Waals surface area contributed by atoms with Gasteiger partial charge >= 0.3 is 6.18 Å². The number of rotatable bonds is 6. The molecular weight excluding hydrogens is 323 g/mol. The summed E-state index contributed by atoms with van der Waals surface area (Å²) in [6.07, 6.45) is -0.199. The van der Waals surface area contributed by atoms with Crippen LogP contribution in [0.15, 0.2) is 18.5 Å². The summed E-state index contributed by atoms with van der Waals surface area (Å²) in [4.78, 5) is 12.1. The highest BCUT2D eigenvalue weighted by Crippen LogP contribution is 2.29. The summed E-state index contributed by atoms with van der Waals surface area (Å²) in [5, 5.41) is 10.3. The standard InChI is InChI=1S/C15H20F3N5O/c1-10-8-20-22(9-10)6-4-5-19-14(24)12(3)23-11(2)7-13(21-23)15(16,17)18/h7-9,12H,4-6H2,1-3H3,(H,19,24). The van der Waals surface area contributed by atoms with E-state index in [4.69, 9.17) is 0 Å². The summed E-state index contributed by atoms with van der Waals surface area (Å²) in [7, 11) is 0. The van der Waals surface area contributed by atoms with Crippen LogP contribution in [0.25, 0.3) is 0 Å². The summed E-state index contributed by atoms with van der Waals surface area (Å²) < 4.78 is 40.9. The van der Waals surface area contributed by atoms with Crippen LogP contribution in [-0.4, -0.2) is 32.0 Å². The van der Waals surface area contributed by atoms with Gasteiger partial charge in [0.1, 0.15) is 6.04 Å². The molecule has 24 heavy (non-hydrogen) atoms. The third-order valence-electron chi connectivity index (χ3n) is 3.58. The van der Waals surface area contributed by atoms with Crippen molar-refractivity contribution in [3.05, 3.63) is 35.4 Å². The number of amides is 1. The minimum Gasteiger partial charge on any atom is -0.354 e. The maximum atomic E-state index is 12.7. The fourth-order valence-corrected chi connectivity index (χ4v) is 2.32. The molecule has 2 aromatic rings. The van der Waals surface area contributed by atoms with E-state index in [1.54, 1.807) is 10.9 Å². The summed E-state index contributed by atoms with van der Waals surface area (Å²) in [5.74, 6) is -0.369. The third-order valence-corrected chi connectivity index (χ3v) is 3.58. The molecule has 2 aromatic heterocycles. The average Bonchev–Trinajstić information content (AvgIpc) is 3.08. The first-order valence-corrected chi connectivity index (χ1v) is 7.58. The maximum absolute atomic E-state index is 12.7. The zero-order chi connectivity index (χ0) is 17.9. The fourth-order valence-electron chi connectivity index (χ4n) is 2.32. The highest BCUT2D eigenvalue weighted by atomic mass is 19.4. The predicted octanol–water partition coefficient (Wildman–Crippen LogP) is 2.48. The lowest BCUT2D eigenvalue weighted by atomic mass is 10.3. The van der Waals surface area contributed by atoms with Crippen LogP contribution in [0.4, 0.5) is 13.2 Å². The molecule has 0 saturated heterocycles. The molecule has 0 fully saturated rings. The molecule has 0 saturated carbocycles. The van der Waals surface area contributed by atoms with Gasteiger partial charge in [0, 0.05) is 25.0 Å². The van der Waals surface area contributed by atoms with E-state index in [-0.39, 0.29) is 11.6 Å². The highest BCUT2D eigenvalue weighted by molar-refractivity contribution is 5.79. The zero-order valence-corrected chi connectivity index (χ0v) is 13.8. The molecule has 1 unspecified atom stereocenters. The number of carbonyl (C=O) groups is 1. The van der Waals surface area contributed by atoms with Gasteiger partial charge in [-0.15, -0.1) is 0 Å². The van der Waals surface area contributed by atoms with E-state index in [0.717, 1.165) is 16.3 Å². The number of carbonyl (C=O) groups excluding carboxylic acids is 1. The molecule has 0 aliphatic heterocycles. The second kappa shape index (κ2) is 7.06. The lowest BCUT2D eigenvalue weighted by Crippen LogP contribution is -2.33. The summed E-state index contributed by atoms with van der Waals surface area (Å²) in [6, 6.07) is 0.122. The lowest BCUT2D eigenvalue weighted by molar-refractivity contribution is -0.142. The Labute approximate surface area is 137 Å². The van der Waals surface area contributed by atoms with Crippen LogP contribution in [0, 0.1) is 13.8 Å². The second-order valence-electron chi connectivity index (χ2n) is 5.71. The molecule has 132 valence electrons. The van der Waals surface area contributed by atoms with Crippen LogP contribution >= 0.6 is 0 Å². The van der Waals surface area contributed by atoms with Crippen molar-refractivity contribution in [1.82, 2.24) is 24.9 Å². The number of halogens is 3. The Morgan fingerprint density at radius 1 is 1.38 bits per heavy atom. The summed E-state index contributed by atoms with van der Waals surface area (Å²) >= 11 is 0. The first-order chi connectivity index (χ1) is 11.2. The molecule has 1 N–H and O–H groups in total. The van der Waals surface area contributed by atoms with Crippen molar-refractivity contribution >= 4 is 5.91 Å². The van der Waals surface area contributed by atoms with Crippen LogP contribution in [0.3, 0.4) is 0 Å². The van der Waals surface area contributed by atoms with Crippen molar-refractivity contribution in [2.24, 2.45) is 0 Å². The Hall–Kier alpha value is -2.32. The van der Waals surface area contributed by atoms with Gasteiger partial charge in [-0.05, 0) is 38.8 Å². The number of hydrogen-bond donors (Lipinski definition) is 1. The SMILES string of the molecule is Cc1cnn(CCCNC(=O)C(C)n2nc(C(F)(F)F)cc2C)c1. The first-order valence-electron chi connectivity index (χ1n) is 7.58. The van der Waals surface area contributed by atoms with E-state index < -0.39 is 17.9 Å². The molecule has 2 heterocycles. The Morgan fingerprint density at radius 3 is 2.62 bits per heavy atom.